The van der Waals surface area contributed by atoms with Gasteiger partial charge in [0.2, 0.25) is 0 Å². The average Bonchev–Trinajstić information content (AvgIpc) is 2.64. The van der Waals surface area contributed by atoms with Gasteiger partial charge in [-0.1, -0.05) is 25.5 Å². The van der Waals surface area contributed by atoms with E-state index in [1.54, 1.807) is 6.07 Å². The SMILES string of the molecule is CCCCOCCOCCNC(=NCc1cccc(C#N)c1)NCC.I. The third-order valence-electron chi connectivity index (χ3n) is 3.37. The van der Waals surface area contributed by atoms with E-state index in [0.717, 1.165) is 37.5 Å². The highest BCUT2D eigenvalue weighted by Gasteiger charge is 1.99. The Morgan fingerprint density at radius 1 is 1.12 bits per heavy atom. The van der Waals surface area contributed by atoms with Gasteiger partial charge in [-0.25, -0.2) is 4.99 Å². The largest absolute Gasteiger partial charge is 0.379 e. The van der Waals surface area contributed by atoms with Crippen LogP contribution in [0, 0.1) is 11.3 Å². The predicted octanol–water partition coefficient (Wildman–Crippen LogP) is 3.06. The summed E-state index contributed by atoms with van der Waals surface area (Å²) in [5.41, 5.74) is 1.66. The average molecular weight is 474 g/mol. The van der Waals surface area contributed by atoms with Crippen LogP contribution < -0.4 is 10.6 Å². The molecule has 2 N–H and O–H groups in total. The molecule has 0 fully saturated rings. The summed E-state index contributed by atoms with van der Waals surface area (Å²) in [6.07, 6.45) is 2.25. The van der Waals surface area contributed by atoms with Crippen molar-refractivity contribution in [3.63, 3.8) is 0 Å². The molecule has 1 aromatic rings. The maximum atomic E-state index is 8.94. The van der Waals surface area contributed by atoms with Gasteiger partial charge in [0.25, 0.3) is 0 Å². The van der Waals surface area contributed by atoms with E-state index in [1.165, 1.54) is 0 Å². The molecule has 1 rings (SSSR count). The Balaban J connectivity index is 0.00000625. The molecule has 0 heterocycles. The third kappa shape index (κ3) is 12.1. The summed E-state index contributed by atoms with van der Waals surface area (Å²) in [5, 5.41) is 15.4. The Labute approximate surface area is 174 Å². The monoisotopic (exact) mass is 474 g/mol. The number of hydrogen-bond donors (Lipinski definition) is 2. The van der Waals surface area contributed by atoms with Crippen LogP contribution in [-0.4, -0.2) is 45.5 Å². The van der Waals surface area contributed by atoms with Crippen LogP contribution >= 0.6 is 24.0 Å². The van der Waals surface area contributed by atoms with E-state index >= 15 is 0 Å². The smallest absolute Gasteiger partial charge is 0.191 e. The Morgan fingerprint density at radius 2 is 1.88 bits per heavy atom. The first kappa shape index (κ1) is 24.6. The van der Waals surface area contributed by atoms with E-state index in [0.29, 0.717) is 38.5 Å². The van der Waals surface area contributed by atoms with Crippen molar-refractivity contribution < 1.29 is 9.47 Å². The molecule has 0 amide bonds. The van der Waals surface area contributed by atoms with E-state index in [2.05, 4.69) is 28.6 Å². The normalized spacial score (nSPS) is 10.7. The number of unbranched alkanes of at least 4 members (excludes halogenated alkanes) is 1. The van der Waals surface area contributed by atoms with Crippen molar-refractivity contribution in [2.24, 2.45) is 4.99 Å². The van der Waals surface area contributed by atoms with Gasteiger partial charge in [-0.15, -0.1) is 24.0 Å². The zero-order valence-corrected chi connectivity index (χ0v) is 18.1. The second-order valence-corrected chi connectivity index (χ2v) is 5.51. The lowest BCUT2D eigenvalue weighted by Gasteiger charge is -2.11. The molecule has 0 saturated heterocycles. The molecular weight excluding hydrogens is 443 g/mol. The zero-order chi connectivity index (χ0) is 18.2. The van der Waals surface area contributed by atoms with Crippen LogP contribution in [0.3, 0.4) is 0 Å². The zero-order valence-electron chi connectivity index (χ0n) is 15.8. The number of halogens is 1. The van der Waals surface area contributed by atoms with Gasteiger partial charge in [-0.2, -0.15) is 5.26 Å². The topological polar surface area (TPSA) is 78.7 Å². The minimum absolute atomic E-state index is 0. The summed E-state index contributed by atoms with van der Waals surface area (Å²) in [7, 11) is 0. The van der Waals surface area contributed by atoms with Gasteiger partial charge >= 0.3 is 0 Å². The van der Waals surface area contributed by atoms with Crippen molar-refractivity contribution in [1.29, 1.82) is 5.26 Å². The number of nitrogens with zero attached hydrogens (tertiary/aromatic N) is 2. The molecule has 0 aliphatic carbocycles. The highest BCUT2D eigenvalue weighted by Crippen LogP contribution is 2.05. The van der Waals surface area contributed by atoms with Crippen molar-refractivity contribution in [3.05, 3.63) is 35.4 Å². The number of ether oxygens (including phenoxy) is 2. The fourth-order valence-electron chi connectivity index (χ4n) is 2.06. The number of nitriles is 1. The molecule has 0 bridgehead atoms. The number of benzene rings is 1. The van der Waals surface area contributed by atoms with Crippen molar-refractivity contribution in [2.45, 2.75) is 33.2 Å². The lowest BCUT2D eigenvalue weighted by Crippen LogP contribution is -2.39. The summed E-state index contributed by atoms with van der Waals surface area (Å²) in [4.78, 5) is 4.53. The molecule has 26 heavy (non-hydrogen) atoms. The molecule has 0 radical (unpaired) electrons. The number of aliphatic imine (C=N–C) groups is 1. The fraction of sp³-hybridized carbons (Fsp3) is 0.579. The molecule has 0 aromatic heterocycles. The van der Waals surface area contributed by atoms with Crippen LogP contribution in [0.25, 0.3) is 0 Å². The maximum Gasteiger partial charge on any atom is 0.191 e. The molecule has 6 nitrogen and oxygen atoms in total. The fourth-order valence-corrected chi connectivity index (χ4v) is 2.06. The number of nitrogens with one attached hydrogen (secondary N) is 2. The summed E-state index contributed by atoms with van der Waals surface area (Å²) in [6, 6.07) is 9.63. The first-order valence-corrected chi connectivity index (χ1v) is 8.96. The first-order chi connectivity index (χ1) is 12.3. The van der Waals surface area contributed by atoms with Gasteiger partial charge in [0.05, 0.1) is 38.0 Å². The van der Waals surface area contributed by atoms with Crippen molar-refractivity contribution in [2.75, 3.05) is 39.5 Å². The minimum atomic E-state index is 0. The van der Waals surface area contributed by atoms with Gasteiger partial charge in [0.1, 0.15) is 0 Å². The summed E-state index contributed by atoms with van der Waals surface area (Å²) in [5.74, 6) is 0.743. The molecule has 0 saturated carbocycles. The predicted molar refractivity (Wildman–Crippen MR) is 116 cm³/mol. The molecule has 0 atom stereocenters. The van der Waals surface area contributed by atoms with Crippen molar-refractivity contribution in [3.8, 4) is 6.07 Å². The van der Waals surface area contributed by atoms with Gasteiger partial charge in [0, 0.05) is 19.7 Å². The van der Waals surface area contributed by atoms with Crippen LogP contribution in [0.2, 0.25) is 0 Å². The molecule has 146 valence electrons. The Morgan fingerprint density at radius 3 is 2.58 bits per heavy atom. The molecule has 1 aromatic carbocycles. The number of hydrogen-bond acceptors (Lipinski definition) is 4. The summed E-state index contributed by atoms with van der Waals surface area (Å²) in [6.45, 7) is 8.83. The lowest BCUT2D eigenvalue weighted by atomic mass is 10.1. The minimum Gasteiger partial charge on any atom is -0.379 e. The van der Waals surface area contributed by atoms with E-state index in [4.69, 9.17) is 14.7 Å². The molecule has 0 unspecified atom stereocenters. The van der Waals surface area contributed by atoms with E-state index < -0.39 is 0 Å². The van der Waals surface area contributed by atoms with Crippen LogP contribution in [0.5, 0.6) is 0 Å². The summed E-state index contributed by atoms with van der Waals surface area (Å²) < 4.78 is 11.0. The second-order valence-electron chi connectivity index (χ2n) is 5.51. The van der Waals surface area contributed by atoms with Crippen molar-refractivity contribution in [1.82, 2.24) is 10.6 Å². The van der Waals surface area contributed by atoms with Gasteiger partial charge in [-0.3, -0.25) is 0 Å². The quantitative estimate of drug-likeness (QED) is 0.211. The number of guanidine groups is 1. The van der Waals surface area contributed by atoms with E-state index in [-0.39, 0.29) is 24.0 Å². The molecule has 0 aliphatic heterocycles. The highest BCUT2D eigenvalue weighted by molar-refractivity contribution is 14.0. The van der Waals surface area contributed by atoms with Gasteiger partial charge in [-0.05, 0) is 31.0 Å². The third-order valence-corrected chi connectivity index (χ3v) is 3.37. The molecule has 0 aliphatic rings. The van der Waals surface area contributed by atoms with E-state index in [1.807, 2.05) is 25.1 Å². The van der Waals surface area contributed by atoms with Crippen molar-refractivity contribution >= 4 is 29.9 Å². The summed E-state index contributed by atoms with van der Waals surface area (Å²) >= 11 is 0. The van der Waals surface area contributed by atoms with Gasteiger partial charge < -0.3 is 20.1 Å². The van der Waals surface area contributed by atoms with Crippen LogP contribution in [0.1, 0.15) is 37.8 Å². The highest BCUT2D eigenvalue weighted by atomic mass is 127. The Bertz CT molecular complexity index is 547. The van der Waals surface area contributed by atoms with Gasteiger partial charge in [0.15, 0.2) is 5.96 Å². The lowest BCUT2D eigenvalue weighted by molar-refractivity contribution is 0.0487. The molecule has 0 spiro atoms. The van der Waals surface area contributed by atoms with Crippen LogP contribution in [0.4, 0.5) is 0 Å². The molecular formula is C19H31IN4O2. The number of rotatable bonds is 12. The Kier molecular flexibility index (Phi) is 16.2. The molecule has 7 heteroatoms. The van der Waals surface area contributed by atoms with E-state index in [9.17, 15) is 0 Å². The van der Waals surface area contributed by atoms with Crippen LogP contribution in [-0.2, 0) is 16.0 Å². The second kappa shape index (κ2) is 17.1. The Hall–Kier alpha value is -1.37. The standard InChI is InChI=1S/C19H30N4O2.HI/c1-3-5-10-24-12-13-25-11-9-22-19(21-4-2)23-16-18-8-6-7-17(14-18)15-20;/h6-8,14H,3-5,9-13,16H2,1-2H3,(H2,21,22,23);1H. The maximum absolute atomic E-state index is 8.94. The van der Waals surface area contributed by atoms with Crippen LogP contribution in [0.15, 0.2) is 29.3 Å². The first-order valence-electron chi connectivity index (χ1n) is 8.96.